The smallest absolute Gasteiger partial charge is 0.329 e. The number of tetrazole rings is 1. The third-order valence-corrected chi connectivity index (χ3v) is 15.2. The number of hydrogen-bond donors (Lipinski definition) is 2. The van der Waals surface area contributed by atoms with Crippen LogP contribution in [0, 0.1) is 35.5 Å². The number of rotatable bonds is 7. The van der Waals surface area contributed by atoms with Gasteiger partial charge in [-0.05, 0) is 117 Å². The highest BCUT2D eigenvalue weighted by Crippen LogP contribution is 2.39. The second kappa shape index (κ2) is 25.7. The normalized spacial score (nSPS) is 36.3. The molecule has 4 heterocycles. The summed E-state index contributed by atoms with van der Waals surface area (Å²) in [4.78, 5) is 72.3. The zero-order chi connectivity index (χ0) is 50.6. The lowest BCUT2D eigenvalue weighted by molar-refractivity contribution is -0.265. The van der Waals surface area contributed by atoms with Crippen LogP contribution in [0.15, 0.2) is 53.9 Å². The maximum absolute atomic E-state index is 14.5. The van der Waals surface area contributed by atoms with Crippen molar-refractivity contribution >= 4 is 29.2 Å². The second-order valence-corrected chi connectivity index (χ2v) is 20.4. The molecule has 2 saturated heterocycles. The molecule has 3 fully saturated rings. The van der Waals surface area contributed by atoms with Crippen molar-refractivity contribution in [2.75, 3.05) is 27.9 Å². The van der Waals surface area contributed by atoms with E-state index in [1.807, 2.05) is 58.1 Å². The number of carbonyl (C=O) groups is 5. The first-order valence-electron chi connectivity index (χ1n) is 25.0. The topological polar surface area (TPSA) is 219 Å². The number of aliphatic hydroxyl groups excluding tert-OH is 1. The van der Waals surface area contributed by atoms with Gasteiger partial charge in [0.15, 0.2) is 5.78 Å². The van der Waals surface area contributed by atoms with Crippen molar-refractivity contribution in [1.82, 2.24) is 25.1 Å². The molecule has 15 atom stereocenters. The quantitative estimate of drug-likeness (QED) is 0.181. The molecule has 0 aromatic carbocycles. The molecule has 0 radical (unpaired) electrons. The summed E-state index contributed by atoms with van der Waals surface area (Å²) in [6, 6.07) is -1.19. The average molecular weight is 966 g/mol. The molecule has 2 N–H and O–H groups in total. The number of cyclic esters (lactones) is 1. The van der Waals surface area contributed by atoms with Crippen LogP contribution < -0.4 is 0 Å². The van der Waals surface area contributed by atoms with Gasteiger partial charge in [0.2, 0.25) is 5.79 Å². The van der Waals surface area contributed by atoms with Gasteiger partial charge in [-0.1, -0.05) is 71.1 Å². The predicted molar refractivity (Wildman–Crippen MR) is 256 cm³/mol. The van der Waals surface area contributed by atoms with Crippen molar-refractivity contribution in [2.24, 2.45) is 35.5 Å². The number of carbonyl (C=O) groups excluding carboxylic acids is 5. The number of fused-ring (bicyclic) bond motifs is 3. The minimum atomic E-state index is -2.43. The number of amides is 1. The highest BCUT2D eigenvalue weighted by Gasteiger charge is 2.53. The van der Waals surface area contributed by atoms with Gasteiger partial charge in [-0.15, -0.1) is 5.10 Å². The molecular weight excluding hydrogens is 887 g/mol. The molecular formula is C52H79N5O12. The van der Waals surface area contributed by atoms with Crippen molar-refractivity contribution in [2.45, 2.75) is 180 Å². The number of nitrogens with zero attached hydrogens (tertiary/aromatic N) is 5. The number of esters is 1. The van der Waals surface area contributed by atoms with Gasteiger partial charge in [-0.25, -0.2) is 9.48 Å². The van der Waals surface area contributed by atoms with E-state index in [4.69, 9.17) is 23.7 Å². The Hall–Kier alpha value is -4.26. The van der Waals surface area contributed by atoms with Crippen LogP contribution in [0.1, 0.15) is 132 Å². The molecule has 1 aromatic rings. The molecule has 1 aliphatic carbocycles. The van der Waals surface area contributed by atoms with Crippen molar-refractivity contribution in [3.05, 3.63) is 53.9 Å². The van der Waals surface area contributed by atoms with E-state index in [2.05, 4.69) is 15.5 Å². The molecule has 5 rings (SSSR count). The molecule has 17 heteroatoms. The van der Waals surface area contributed by atoms with Gasteiger partial charge in [0.1, 0.15) is 36.5 Å². The Labute approximate surface area is 408 Å². The largest absolute Gasteiger partial charge is 0.460 e. The first-order chi connectivity index (χ1) is 32.8. The molecule has 3 aliphatic heterocycles. The van der Waals surface area contributed by atoms with E-state index in [0.717, 1.165) is 18.4 Å². The number of methoxy groups -OCH3 is 3. The molecule has 1 saturated carbocycles. The number of aliphatic hydroxyl groups is 2. The van der Waals surface area contributed by atoms with Crippen molar-refractivity contribution in [3.63, 3.8) is 0 Å². The third-order valence-electron chi connectivity index (χ3n) is 15.2. The van der Waals surface area contributed by atoms with Crippen LogP contribution in [0.3, 0.4) is 0 Å². The van der Waals surface area contributed by atoms with Crippen LogP contribution in [-0.4, -0.2) is 141 Å². The Morgan fingerprint density at radius 1 is 0.884 bits per heavy atom. The highest BCUT2D eigenvalue weighted by molar-refractivity contribution is 6.39. The molecule has 17 nitrogen and oxygen atoms in total. The van der Waals surface area contributed by atoms with Crippen LogP contribution in [0.5, 0.6) is 0 Å². The molecule has 384 valence electrons. The Balaban J connectivity index is 1.46. The van der Waals surface area contributed by atoms with Crippen LogP contribution >= 0.6 is 0 Å². The summed E-state index contributed by atoms with van der Waals surface area (Å²) in [5.41, 5.74) is 1.27. The number of ketones is 3. The summed E-state index contributed by atoms with van der Waals surface area (Å²) in [5.74, 6) is -7.92. The zero-order valence-corrected chi connectivity index (χ0v) is 42.5. The van der Waals surface area contributed by atoms with Gasteiger partial charge < -0.3 is 38.8 Å². The Bertz CT molecular complexity index is 2020. The lowest BCUT2D eigenvalue weighted by Crippen LogP contribution is -2.61. The van der Waals surface area contributed by atoms with E-state index in [0.29, 0.717) is 56.9 Å². The number of allylic oxidation sites excluding steroid dienone is 6. The number of piperidine rings is 1. The average Bonchev–Trinajstić information content (AvgIpc) is 3.88. The van der Waals surface area contributed by atoms with Gasteiger partial charge in [0, 0.05) is 58.5 Å². The Morgan fingerprint density at radius 2 is 1.64 bits per heavy atom. The van der Waals surface area contributed by atoms with E-state index >= 15 is 0 Å². The number of Topliss-reactive ketones (excluding diaryl/α,β-unsaturated/α-hetero) is 3. The monoisotopic (exact) mass is 966 g/mol. The lowest BCUT2D eigenvalue weighted by atomic mass is 9.77. The molecule has 1 amide bonds. The van der Waals surface area contributed by atoms with E-state index in [1.54, 1.807) is 52.1 Å². The fourth-order valence-electron chi connectivity index (χ4n) is 10.7. The lowest BCUT2D eigenvalue weighted by Gasteiger charge is -2.42. The molecule has 2 bridgehead atoms. The van der Waals surface area contributed by atoms with Gasteiger partial charge in [0.25, 0.3) is 11.7 Å². The summed E-state index contributed by atoms with van der Waals surface area (Å²) < 4.78 is 31.6. The van der Waals surface area contributed by atoms with Crippen molar-refractivity contribution < 1.29 is 57.9 Å². The summed E-state index contributed by atoms with van der Waals surface area (Å²) >= 11 is 0. The summed E-state index contributed by atoms with van der Waals surface area (Å²) in [6.45, 7) is 12.8. The second-order valence-electron chi connectivity index (χ2n) is 20.4. The maximum atomic E-state index is 14.5. The summed E-state index contributed by atoms with van der Waals surface area (Å²) in [7, 11) is 4.62. The number of ether oxygens (including phenoxy) is 5. The molecule has 0 unspecified atom stereocenters. The van der Waals surface area contributed by atoms with Gasteiger partial charge in [-0.3, -0.25) is 19.2 Å². The SMILES string of the molecule is CO[C@@H]1C(=O)[C@H](C)C[C@H](C)C=CC=CC=C(C)[C@H](OC)C[C@H]2CC[C@H](C)[C@@](O)(O2)C(=O)C(=O)N2CCCC[C@@H]2C(=O)O[C@H]([C@H](C)C[C@@H]2CC[C@H](n3cnnn3)[C@H](OC)C2)CC(=O)[C@H](C)C=C(C)[C@@H]1O. The minimum absolute atomic E-state index is 0.0170. The zero-order valence-electron chi connectivity index (χ0n) is 42.5. The highest BCUT2D eigenvalue weighted by atomic mass is 16.6. The minimum Gasteiger partial charge on any atom is -0.460 e. The van der Waals surface area contributed by atoms with E-state index in [1.165, 1.54) is 12.0 Å². The maximum Gasteiger partial charge on any atom is 0.329 e. The van der Waals surface area contributed by atoms with Crippen molar-refractivity contribution in [3.8, 4) is 0 Å². The first kappa shape index (κ1) is 55.7. The number of hydrogen-bond acceptors (Lipinski definition) is 15. The molecule has 4 aliphatic rings. The van der Waals surface area contributed by atoms with Gasteiger partial charge >= 0.3 is 5.97 Å². The van der Waals surface area contributed by atoms with Crippen LogP contribution in [0.4, 0.5) is 0 Å². The molecule has 69 heavy (non-hydrogen) atoms. The fourth-order valence-corrected chi connectivity index (χ4v) is 10.7. The Kier molecular flexibility index (Phi) is 20.8. The standard InChI is InChI=1S/C52H79N5O12/c1-31-16-12-11-13-17-32(2)43(65-8)28-39-21-19-37(7)52(64,69-39)49(61)50(62)56-23-15-14-18-41(56)51(63)68-44(34(4)26-38-20-22-40(45(27-38)66-9)57-30-53-54-55-57)29-42(58)33(3)25-36(6)47(60)48(67-10)46(59)35(5)24-31/h11-13,16-17,25,30-31,33-35,37-41,43-45,47-48,60,64H,14-15,18-24,26-29H2,1-10H3/t31-,33-,34-,35-,37+,38+,39-,40+,41-,43-,44+,45-,47+,48-,52-/m1/s1. The fraction of sp³-hybridized carbons (Fsp3) is 0.731. The van der Waals surface area contributed by atoms with Crippen LogP contribution in [-0.2, 0) is 47.7 Å². The first-order valence-corrected chi connectivity index (χ1v) is 25.0. The third kappa shape index (κ3) is 14.2. The van der Waals surface area contributed by atoms with Gasteiger partial charge in [-0.2, -0.15) is 0 Å². The summed E-state index contributed by atoms with van der Waals surface area (Å²) in [6.07, 6.45) is 13.9. The van der Waals surface area contributed by atoms with Crippen LogP contribution in [0.25, 0.3) is 0 Å². The van der Waals surface area contributed by atoms with E-state index < -0.39 is 77.8 Å². The summed E-state index contributed by atoms with van der Waals surface area (Å²) in [5, 5.41) is 35.2. The van der Waals surface area contributed by atoms with Crippen molar-refractivity contribution in [1.29, 1.82) is 0 Å². The number of aromatic nitrogens is 4. The Morgan fingerprint density at radius 3 is 2.32 bits per heavy atom. The van der Waals surface area contributed by atoms with Gasteiger partial charge in [0.05, 0.1) is 24.4 Å². The molecule has 1 aromatic heterocycles. The van der Waals surface area contributed by atoms with E-state index in [-0.39, 0.29) is 60.9 Å². The van der Waals surface area contributed by atoms with Crippen LogP contribution in [0.2, 0.25) is 0 Å². The van der Waals surface area contributed by atoms with E-state index in [9.17, 15) is 34.2 Å². The predicted octanol–water partition coefficient (Wildman–Crippen LogP) is 6.05. The molecule has 0 spiro atoms.